The van der Waals surface area contributed by atoms with Crippen LogP contribution in [0.2, 0.25) is 0 Å². The summed E-state index contributed by atoms with van der Waals surface area (Å²) in [6.45, 7) is 1.39. The Bertz CT molecular complexity index is 590. The highest BCUT2D eigenvalue weighted by atomic mass is 16.5. The number of ether oxygens (including phenoxy) is 1. The number of hydrogen-bond acceptors (Lipinski definition) is 4. The topological polar surface area (TPSA) is 63.6 Å². The minimum Gasteiger partial charge on any atom is -0.507 e. The maximum Gasteiger partial charge on any atom is 0.302 e. The lowest BCUT2D eigenvalue weighted by atomic mass is 9.86. The average Bonchev–Trinajstić information content (AvgIpc) is 2.95. The van der Waals surface area contributed by atoms with Crippen LogP contribution in [0, 0.1) is 17.8 Å². The second-order valence-electron chi connectivity index (χ2n) is 5.42. The molecule has 1 aromatic carbocycles. The van der Waals surface area contributed by atoms with Crippen LogP contribution in [0.25, 0.3) is 0 Å². The van der Waals surface area contributed by atoms with Crippen LogP contribution in [0.1, 0.15) is 23.7 Å². The van der Waals surface area contributed by atoms with Gasteiger partial charge in [0.05, 0.1) is 5.56 Å². The quantitative estimate of drug-likeness (QED) is 0.521. The lowest BCUT2D eigenvalue weighted by Crippen LogP contribution is -2.26. The average molecular weight is 272 g/mol. The largest absolute Gasteiger partial charge is 0.507 e. The normalized spacial score (nSPS) is 30.4. The molecule has 4 nitrogen and oxygen atoms in total. The SMILES string of the molecule is CC(=O)O[C@H]1[C@@H]2C=C[C@H]1C[C@H]2C(=O)c1ccccc1O. The van der Waals surface area contributed by atoms with E-state index in [0.717, 1.165) is 0 Å². The van der Waals surface area contributed by atoms with Gasteiger partial charge in [-0.25, -0.2) is 0 Å². The molecule has 1 N–H and O–H groups in total. The first kappa shape index (κ1) is 12.9. The summed E-state index contributed by atoms with van der Waals surface area (Å²) in [7, 11) is 0. The first-order valence-corrected chi connectivity index (χ1v) is 6.75. The first-order valence-electron chi connectivity index (χ1n) is 6.75. The van der Waals surface area contributed by atoms with Gasteiger partial charge in [-0.05, 0) is 18.6 Å². The van der Waals surface area contributed by atoms with Gasteiger partial charge in [-0.2, -0.15) is 0 Å². The van der Waals surface area contributed by atoms with Crippen molar-refractivity contribution in [2.75, 3.05) is 0 Å². The molecule has 1 fully saturated rings. The number of fused-ring (bicyclic) bond motifs is 2. The van der Waals surface area contributed by atoms with E-state index in [-0.39, 0.29) is 41.4 Å². The number of Topliss-reactive ketones (excluding diaryl/α,β-unsaturated/α-hetero) is 1. The zero-order chi connectivity index (χ0) is 14.3. The third-order valence-electron chi connectivity index (χ3n) is 4.18. The molecule has 0 heterocycles. The van der Waals surface area contributed by atoms with Gasteiger partial charge in [-0.1, -0.05) is 24.3 Å². The number of para-hydroxylation sites is 1. The number of hydrogen-bond donors (Lipinski definition) is 1. The van der Waals surface area contributed by atoms with Crippen molar-refractivity contribution in [2.45, 2.75) is 19.4 Å². The molecule has 0 spiro atoms. The summed E-state index contributed by atoms with van der Waals surface area (Å²) < 4.78 is 5.33. The van der Waals surface area contributed by atoms with Gasteiger partial charge in [-0.3, -0.25) is 9.59 Å². The van der Waals surface area contributed by atoms with Crippen LogP contribution in [0.4, 0.5) is 0 Å². The number of rotatable bonds is 3. The summed E-state index contributed by atoms with van der Waals surface area (Å²) in [4.78, 5) is 23.7. The molecule has 20 heavy (non-hydrogen) atoms. The summed E-state index contributed by atoms with van der Waals surface area (Å²) in [6.07, 6.45) is 4.43. The Kier molecular flexibility index (Phi) is 3.08. The van der Waals surface area contributed by atoms with Crippen molar-refractivity contribution in [1.82, 2.24) is 0 Å². The maximum atomic E-state index is 12.6. The van der Waals surface area contributed by atoms with Crippen LogP contribution in [0.3, 0.4) is 0 Å². The smallest absolute Gasteiger partial charge is 0.302 e. The van der Waals surface area contributed by atoms with Gasteiger partial charge >= 0.3 is 5.97 Å². The van der Waals surface area contributed by atoms with Gasteiger partial charge in [0.2, 0.25) is 0 Å². The molecule has 3 rings (SSSR count). The minimum atomic E-state index is -0.315. The second kappa shape index (κ2) is 4.78. The fraction of sp³-hybridized carbons (Fsp3) is 0.375. The minimum absolute atomic E-state index is 0.00768. The number of aromatic hydroxyl groups is 1. The molecule has 2 aliphatic rings. The predicted molar refractivity (Wildman–Crippen MR) is 72.2 cm³/mol. The number of phenolic OH excluding ortho intramolecular Hbond substituents is 1. The van der Waals surface area contributed by atoms with Crippen LogP contribution in [0.5, 0.6) is 5.75 Å². The van der Waals surface area contributed by atoms with Crippen molar-refractivity contribution < 1.29 is 19.4 Å². The predicted octanol–water partition coefficient (Wildman–Crippen LogP) is 2.33. The molecular weight excluding hydrogens is 256 g/mol. The summed E-state index contributed by atoms with van der Waals surface area (Å²) in [5, 5.41) is 9.80. The van der Waals surface area contributed by atoms with Crippen molar-refractivity contribution in [3.8, 4) is 5.75 Å². The number of esters is 1. The summed E-state index contributed by atoms with van der Waals surface area (Å²) in [6, 6.07) is 6.57. The van der Waals surface area contributed by atoms with E-state index < -0.39 is 0 Å². The molecule has 0 saturated heterocycles. The van der Waals surface area contributed by atoms with Crippen molar-refractivity contribution >= 4 is 11.8 Å². The van der Waals surface area contributed by atoms with Crippen molar-refractivity contribution in [3.05, 3.63) is 42.0 Å². The molecule has 4 atom stereocenters. The third kappa shape index (κ3) is 2.01. The maximum absolute atomic E-state index is 12.6. The Hall–Kier alpha value is -2.10. The van der Waals surface area contributed by atoms with E-state index in [2.05, 4.69) is 0 Å². The highest BCUT2D eigenvalue weighted by Crippen LogP contribution is 2.47. The highest BCUT2D eigenvalue weighted by molar-refractivity contribution is 6.00. The van der Waals surface area contributed by atoms with Gasteiger partial charge in [-0.15, -0.1) is 0 Å². The van der Waals surface area contributed by atoms with Crippen molar-refractivity contribution in [2.24, 2.45) is 17.8 Å². The van der Waals surface area contributed by atoms with Crippen LogP contribution in [-0.2, 0) is 9.53 Å². The van der Waals surface area contributed by atoms with Crippen molar-refractivity contribution in [1.29, 1.82) is 0 Å². The number of ketones is 1. The van der Waals surface area contributed by atoms with Crippen molar-refractivity contribution in [3.63, 3.8) is 0 Å². The zero-order valence-electron chi connectivity index (χ0n) is 11.2. The monoisotopic (exact) mass is 272 g/mol. The lowest BCUT2D eigenvalue weighted by molar-refractivity contribution is -0.148. The van der Waals surface area contributed by atoms with E-state index in [1.54, 1.807) is 18.2 Å². The molecular formula is C16H16O4. The molecule has 0 radical (unpaired) electrons. The number of benzene rings is 1. The Morgan fingerprint density at radius 1 is 1.25 bits per heavy atom. The fourth-order valence-electron chi connectivity index (χ4n) is 3.32. The Balaban J connectivity index is 1.83. The Morgan fingerprint density at radius 2 is 2.00 bits per heavy atom. The standard InChI is InChI=1S/C16H16O4/c1-9(17)20-16-10-6-7-11(16)13(8-10)15(19)12-4-2-3-5-14(12)18/h2-7,10-11,13,16,18H,8H2,1H3/t10-,11+,13+,16+/m0/s1. The van der Waals surface area contributed by atoms with E-state index in [1.807, 2.05) is 12.2 Å². The number of carbonyl (C=O) groups excluding carboxylic acids is 2. The van der Waals surface area contributed by atoms with E-state index in [1.165, 1.54) is 13.0 Å². The molecule has 0 aliphatic heterocycles. The summed E-state index contributed by atoms with van der Waals surface area (Å²) >= 11 is 0. The highest BCUT2D eigenvalue weighted by Gasteiger charge is 2.49. The molecule has 4 heteroatoms. The van der Waals surface area contributed by atoms with Gasteiger partial charge in [0, 0.05) is 24.7 Å². The molecule has 1 aromatic rings. The molecule has 2 bridgehead atoms. The van der Waals surface area contributed by atoms with Gasteiger partial charge in [0.15, 0.2) is 5.78 Å². The molecule has 0 aromatic heterocycles. The lowest BCUT2D eigenvalue weighted by Gasteiger charge is -2.19. The number of phenols is 1. The molecule has 1 saturated carbocycles. The van der Waals surface area contributed by atoms with Crippen LogP contribution >= 0.6 is 0 Å². The van der Waals surface area contributed by atoms with Gasteiger partial charge in [0.25, 0.3) is 0 Å². The van der Waals surface area contributed by atoms with E-state index >= 15 is 0 Å². The van der Waals surface area contributed by atoms with Crippen LogP contribution < -0.4 is 0 Å². The Labute approximate surface area is 117 Å². The number of carbonyl (C=O) groups is 2. The summed E-state index contributed by atoms with van der Waals surface area (Å²) in [5.74, 6) is -0.558. The zero-order valence-corrected chi connectivity index (χ0v) is 11.2. The van der Waals surface area contributed by atoms with Gasteiger partial charge < -0.3 is 9.84 Å². The van der Waals surface area contributed by atoms with Crippen LogP contribution in [-0.4, -0.2) is 23.0 Å². The Morgan fingerprint density at radius 3 is 2.70 bits per heavy atom. The molecule has 0 amide bonds. The van der Waals surface area contributed by atoms with E-state index in [0.29, 0.717) is 12.0 Å². The molecule has 104 valence electrons. The third-order valence-corrected chi connectivity index (χ3v) is 4.18. The first-order chi connectivity index (χ1) is 9.58. The summed E-state index contributed by atoms with van der Waals surface area (Å²) in [5.41, 5.74) is 0.347. The van der Waals surface area contributed by atoms with Gasteiger partial charge in [0.1, 0.15) is 11.9 Å². The van der Waals surface area contributed by atoms with E-state index in [9.17, 15) is 14.7 Å². The van der Waals surface area contributed by atoms with Crippen LogP contribution in [0.15, 0.2) is 36.4 Å². The second-order valence-corrected chi connectivity index (χ2v) is 5.42. The fourth-order valence-corrected chi connectivity index (χ4v) is 3.32. The molecule has 2 aliphatic carbocycles. The molecule has 0 unspecified atom stereocenters. The van der Waals surface area contributed by atoms with E-state index in [4.69, 9.17) is 4.74 Å².